The molecular formula is C28H64O8Si4. The van der Waals surface area contributed by atoms with Crippen LogP contribution in [0.15, 0.2) is 0 Å². The maximum Gasteiger partial charge on any atom is 0.491 e. The molecule has 240 valence electrons. The van der Waals surface area contributed by atoms with Gasteiger partial charge in [-0.1, -0.05) is 111 Å². The van der Waals surface area contributed by atoms with Crippen LogP contribution in [0, 0.1) is 0 Å². The second-order valence-corrected chi connectivity index (χ2v) is 29.9. The minimum atomic E-state index is -3.64. The van der Waals surface area contributed by atoms with Gasteiger partial charge in [-0.2, -0.15) is 0 Å². The first-order chi connectivity index (χ1) is 18.1. The molecule has 0 aliphatic carbocycles. The molecule has 1 heterocycles. The van der Waals surface area contributed by atoms with Crippen molar-refractivity contribution in [2.45, 2.75) is 157 Å². The van der Waals surface area contributed by atoms with Crippen molar-refractivity contribution < 1.29 is 34.2 Å². The molecule has 1 aliphatic heterocycles. The Labute approximate surface area is 251 Å². The highest BCUT2D eigenvalue weighted by Crippen LogP contribution is 2.57. The number of rotatable bonds is 12. The zero-order valence-electron chi connectivity index (χ0n) is 28.9. The Morgan fingerprint density at radius 1 is 0.350 bits per heavy atom. The first-order valence-electron chi connectivity index (χ1n) is 15.4. The van der Waals surface area contributed by atoms with Crippen molar-refractivity contribution in [1.29, 1.82) is 0 Å². The van der Waals surface area contributed by atoms with Crippen LogP contribution in [0.3, 0.4) is 0 Å². The third-order valence-corrected chi connectivity index (χ3v) is 25.0. The van der Waals surface area contributed by atoms with Gasteiger partial charge in [0.05, 0.1) is 0 Å². The lowest BCUT2D eigenvalue weighted by Gasteiger charge is -2.58. The molecule has 1 fully saturated rings. The van der Waals surface area contributed by atoms with E-state index in [0.717, 1.165) is 25.7 Å². The molecule has 1 saturated heterocycles. The van der Waals surface area contributed by atoms with Gasteiger partial charge >= 0.3 is 35.2 Å². The maximum atomic E-state index is 7.48. The average molecular weight is 641 g/mol. The SMILES string of the molecule is CCCO[Si]1(C(C)(C)C)O[Si](OCCC)(C(C)(C)C)O[Si](OCCC)(C(C)(C)C)O[Si](OCCC)(C(C)(C)C)O1. The Morgan fingerprint density at radius 2 is 0.500 bits per heavy atom. The summed E-state index contributed by atoms with van der Waals surface area (Å²) in [4.78, 5) is 0. The molecule has 1 rings (SSSR count). The van der Waals surface area contributed by atoms with Crippen molar-refractivity contribution in [1.82, 2.24) is 0 Å². The van der Waals surface area contributed by atoms with E-state index in [9.17, 15) is 0 Å². The van der Waals surface area contributed by atoms with Gasteiger partial charge in [0.15, 0.2) is 0 Å². The molecule has 8 nitrogen and oxygen atoms in total. The lowest BCUT2D eigenvalue weighted by Crippen LogP contribution is -2.79. The van der Waals surface area contributed by atoms with Crippen molar-refractivity contribution in [3.8, 4) is 0 Å². The molecule has 0 aromatic heterocycles. The highest BCUT2D eigenvalue weighted by atomic mass is 28.6. The monoisotopic (exact) mass is 640 g/mol. The van der Waals surface area contributed by atoms with Crippen LogP contribution in [0.2, 0.25) is 20.2 Å². The topological polar surface area (TPSA) is 73.8 Å². The smallest absolute Gasteiger partial charge is 0.374 e. The number of hydrogen-bond acceptors (Lipinski definition) is 8. The molecular weight excluding hydrogens is 577 g/mol. The summed E-state index contributed by atoms with van der Waals surface area (Å²) in [5, 5.41) is -2.05. The van der Waals surface area contributed by atoms with Gasteiger partial charge in [-0.25, -0.2) is 0 Å². The molecule has 1 aliphatic rings. The van der Waals surface area contributed by atoms with Gasteiger partial charge in [0, 0.05) is 46.6 Å². The zero-order chi connectivity index (χ0) is 31.3. The summed E-state index contributed by atoms with van der Waals surface area (Å²) in [7, 11) is -14.6. The summed E-state index contributed by atoms with van der Waals surface area (Å²) < 4.78 is 57.3. The van der Waals surface area contributed by atoms with E-state index in [0.29, 0.717) is 26.4 Å². The average Bonchev–Trinajstić information content (AvgIpc) is 2.78. The van der Waals surface area contributed by atoms with E-state index in [1.807, 2.05) is 0 Å². The van der Waals surface area contributed by atoms with Crippen LogP contribution < -0.4 is 0 Å². The van der Waals surface area contributed by atoms with Crippen LogP contribution in [-0.2, 0) is 34.2 Å². The normalized spacial score (nSPS) is 31.2. The lowest BCUT2D eigenvalue weighted by molar-refractivity contribution is -0.0166. The highest BCUT2D eigenvalue weighted by Gasteiger charge is 2.77. The Bertz CT molecular complexity index is 632. The van der Waals surface area contributed by atoms with E-state index in [1.165, 1.54) is 0 Å². The van der Waals surface area contributed by atoms with Crippen molar-refractivity contribution in [3.63, 3.8) is 0 Å². The van der Waals surface area contributed by atoms with E-state index >= 15 is 0 Å². The molecule has 12 heteroatoms. The molecule has 0 aromatic rings. The van der Waals surface area contributed by atoms with Gasteiger partial charge in [0.1, 0.15) is 0 Å². The van der Waals surface area contributed by atoms with E-state index in [4.69, 9.17) is 34.2 Å². The van der Waals surface area contributed by atoms with Crippen LogP contribution in [0.4, 0.5) is 0 Å². The first kappa shape index (κ1) is 38.6. The van der Waals surface area contributed by atoms with E-state index in [1.54, 1.807) is 0 Å². The quantitative estimate of drug-likeness (QED) is 0.196. The van der Waals surface area contributed by atoms with Gasteiger partial charge in [-0.15, -0.1) is 0 Å². The summed E-state index contributed by atoms with van der Waals surface area (Å²) in [5.74, 6) is 0. The summed E-state index contributed by atoms with van der Waals surface area (Å²) in [6.45, 7) is 35.9. The Balaban J connectivity index is 4.32. The Morgan fingerprint density at radius 3 is 0.600 bits per heavy atom. The molecule has 0 N–H and O–H groups in total. The molecule has 40 heavy (non-hydrogen) atoms. The summed E-state index contributed by atoms with van der Waals surface area (Å²) >= 11 is 0. The maximum absolute atomic E-state index is 7.48. The minimum Gasteiger partial charge on any atom is -0.374 e. The van der Waals surface area contributed by atoms with E-state index < -0.39 is 55.4 Å². The van der Waals surface area contributed by atoms with Gasteiger partial charge in [0.2, 0.25) is 0 Å². The highest BCUT2D eigenvalue weighted by molar-refractivity contribution is 6.92. The second-order valence-electron chi connectivity index (χ2n) is 15.0. The van der Waals surface area contributed by atoms with Crippen LogP contribution in [0.1, 0.15) is 136 Å². The van der Waals surface area contributed by atoms with Crippen molar-refractivity contribution >= 4 is 35.2 Å². The minimum absolute atomic E-state index is 0.489. The molecule has 0 bridgehead atoms. The largest absolute Gasteiger partial charge is 0.491 e. The van der Waals surface area contributed by atoms with E-state index in [-0.39, 0.29) is 0 Å². The summed E-state index contributed by atoms with van der Waals surface area (Å²) in [5.41, 5.74) is 0. The van der Waals surface area contributed by atoms with Gasteiger partial charge in [-0.05, 0) is 25.7 Å². The molecule has 0 spiro atoms. The molecule has 0 aromatic carbocycles. The Hall–Kier alpha value is 0.548. The first-order valence-corrected chi connectivity index (χ1v) is 22.3. The van der Waals surface area contributed by atoms with Crippen LogP contribution in [0.5, 0.6) is 0 Å². The predicted molar refractivity (Wildman–Crippen MR) is 171 cm³/mol. The summed E-state index contributed by atoms with van der Waals surface area (Å²) in [6.07, 6.45) is 3.28. The van der Waals surface area contributed by atoms with Gasteiger partial charge in [0.25, 0.3) is 0 Å². The van der Waals surface area contributed by atoms with Crippen molar-refractivity contribution in [3.05, 3.63) is 0 Å². The lowest BCUT2D eigenvalue weighted by atomic mass is 10.3. The number of hydrogen-bond donors (Lipinski definition) is 0. The third-order valence-electron chi connectivity index (χ3n) is 6.73. The molecule has 0 amide bonds. The van der Waals surface area contributed by atoms with Gasteiger partial charge in [-0.3, -0.25) is 0 Å². The van der Waals surface area contributed by atoms with Crippen molar-refractivity contribution in [2.75, 3.05) is 26.4 Å². The van der Waals surface area contributed by atoms with Gasteiger partial charge < -0.3 is 34.2 Å². The molecule has 0 unspecified atom stereocenters. The van der Waals surface area contributed by atoms with Crippen LogP contribution in [-0.4, -0.2) is 61.6 Å². The molecule has 0 atom stereocenters. The second kappa shape index (κ2) is 14.1. The fraction of sp³-hybridized carbons (Fsp3) is 1.00. The van der Waals surface area contributed by atoms with Crippen LogP contribution >= 0.6 is 0 Å². The molecule has 0 saturated carbocycles. The predicted octanol–water partition coefficient (Wildman–Crippen LogP) is 8.73. The summed E-state index contributed by atoms with van der Waals surface area (Å²) in [6, 6.07) is 0. The van der Waals surface area contributed by atoms with Crippen LogP contribution in [0.25, 0.3) is 0 Å². The van der Waals surface area contributed by atoms with E-state index in [2.05, 4.69) is 111 Å². The standard InChI is InChI=1S/C28H64O8Si4/c1-17-21-29-37(25(5,6)7)33-38(26(8,9)10,30-22-18-2)35-40(28(14,15)16,32-24-20-4)36-39(34-37,27(11,12)13)31-23-19-3/h17-24H2,1-16H3. The Kier molecular flexibility index (Phi) is 13.6. The fourth-order valence-corrected chi connectivity index (χ4v) is 27.2. The molecule has 0 radical (unpaired) electrons. The third kappa shape index (κ3) is 8.38. The fourth-order valence-electron chi connectivity index (χ4n) is 4.06. The zero-order valence-corrected chi connectivity index (χ0v) is 32.9. The van der Waals surface area contributed by atoms with Crippen molar-refractivity contribution in [2.24, 2.45) is 0 Å².